The Labute approximate surface area is 122 Å². The molecule has 0 fully saturated rings. The van der Waals surface area contributed by atoms with Gasteiger partial charge in [0.1, 0.15) is 5.82 Å². The molecule has 1 aromatic heterocycles. The molecule has 0 saturated carbocycles. The number of nitrogens with zero attached hydrogens (tertiary/aromatic N) is 1. The monoisotopic (exact) mass is 277 g/mol. The molecular weight excluding hydrogens is 250 g/mol. The van der Waals surface area contributed by atoms with Crippen molar-refractivity contribution in [2.45, 2.75) is 52.4 Å². The minimum atomic E-state index is -0.0138. The summed E-state index contributed by atoms with van der Waals surface area (Å²) in [4.78, 5) is 16.2. The van der Waals surface area contributed by atoms with Crippen LogP contribution in [-0.2, 0) is 0 Å². The van der Waals surface area contributed by atoms with Crippen LogP contribution in [0.2, 0.25) is 0 Å². The highest BCUT2D eigenvalue weighted by atomic mass is 16.1. The second kappa shape index (κ2) is 10.2. The van der Waals surface area contributed by atoms with Crippen LogP contribution in [0.1, 0.15) is 62.7 Å². The van der Waals surface area contributed by atoms with E-state index in [1.807, 2.05) is 6.07 Å². The maximum absolute atomic E-state index is 12.0. The largest absolute Gasteiger partial charge is 0.370 e. The summed E-state index contributed by atoms with van der Waals surface area (Å²) in [5.41, 5.74) is 0.675. The maximum Gasteiger partial charge on any atom is 0.251 e. The van der Waals surface area contributed by atoms with E-state index in [0.29, 0.717) is 5.56 Å². The lowest BCUT2D eigenvalue weighted by atomic mass is 10.2. The predicted molar refractivity (Wildman–Crippen MR) is 84.1 cm³/mol. The van der Waals surface area contributed by atoms with Gasteiger partial charge in [-0.2, -0.15) is 0 Å². The summed E-state index contributed by atoms with van der Waals surface area (Å²) in [7, 11) is 0. The van der Waals surface area contributed by atoms with Crippen molar-refractivity contribution < 1.29 is 4.79 Å². The van der Waals surface area contributed by atoms with Gasteiger partial charge in [0.2, 0.25) is 0 Å². The van der Waals surface area contributed by atoms with Crippen LogP contribution in [0.5, 0.6) is 0 Å². The standard InChI is InChI=1S/C16H27N3O/c1-3-5-7-10-17-15-13-14(9-12-18-15)16(20)19-11-8-6-4-2/h9,12-13H,3-8,10-11H2,1-2H3,(H,17,18)(H,19,20). The topological polar surface area (TPSA) is 54.0 Å². The van der Waals surface area contributed by atoms with Crippen LogP contribution in [0.3, 0.4) is 0 Å². The Morgan fingerprint density at radius 3 is 2.50 bits per heavy atom. The molecule has 0 bridgehead atoms. The number of pyridine rings is 1. The molecule has 4 heteroatoms. The molecule has 2 N–H and O–H groups in total. The fourth-order valence-corrected chi connectivity index (χ4v) is 1.94. The zero-order chi connectivity index (χ0) is 14.6. The third-order valence-corrected chi connectivity index (χ3v) is 3.17. The number of carbonyl (C=O) groups excluding carboxylic acids is 1. The van der Waals surface area contributed by atoms with E-state index in [4.69, 9.17) is 0 Å². The average molecular weight is 277 g/mol. The number of nitrogens with one attached hydrogen (secondary N) is 2. The molecule has 0 unspecified atom stereocenters. The molecule has 0 radical (unpaired) electrons. The maximum atomic E-state index is 12.0. The number of carbonyl (C=O) groups is 1. The molecule has 4 nitrogen and oxygen atoms in total. The SMILES string of the molecule is CCCCCNC(=O)c1ccnc(NCCCCC)c1. The van der Waals surface area contributed by atoms with Gasteiger partial charge in [0.15, 0.2) is 0 Å². The van der Waals surface area contributed by atoms with E-state index < -0.39 is 0 Å². The highest BCUT2D eigenvalue weighted by Gasteiger charge is 2.05. The van der Waals surface area contributed by atoms with Crippen LogP contribution in [-0.4, -0.2) is 24.0 Å². The Kier molecular flexibility index (Phi) is 8.43. The molecule has 1 amide bonds. The first-order valence-corrected chi connectivity index (χ1v) is 7.76. The van der Waals surface area contributed by atoms with Gasteiger partial charge in [0.25, 0.3) is 5.91 Å². The van der Waals surface area contributed by atoms with E-state index >= 15 is 0 Å². The summed E-state index contributed by atoms with van der Waals surface area (Å²) in [6, 6.07) is 3.58. The minimum absolute atomic E-state index is 0.0138. The molecule has 20 heavy (non-hydrogen) atoms. The summed E-state index contributed by atoms with van der Waals surface area (Å²) in [5.74, 6) is 0.766. The third-order valence-electron chi connectivity index (χ3n) is 3.17. The number of anilines is 1. The molecule has 0 aliphatic heterocycles. The van der Waals surface area contributed by atoms with Gasteiger partial charge in [-0.1, -0.05) is 39.5 Å². The van der Waals surface area contributed by atoms with Gasteiger partial charge in [-0.3, -0.25) is 4.79 Å². The Balaban J connectivity index is 2.39. The fraction of sp³-hybridized carbons (Fsp3) is 0.625. The van der Waals surface area contributed by atoms with Gasteiger partial charge in [0.05, 0.1) is 0 Å². The number of hydrogen-bond acceptors (Lipinski definition) is 3. The molecule has 0 aromatic carbocycles. The molecule has 0 saturated heterocycles. The zero-order valence-corrected chi connectivity index (χ0v) is 12.7. The van der Waals surface area contributed by atoms with Crippen LogP contribution >= 0.6 is 0 Å². The highest BCUT2D eigenvalue weighted by molar-refractivity contribution is 5.94. The highest BCUT2D eigenvalue weighted by Crippen LogP contribution is 2.07. The van der Waals surface area contributed by atoms with Crippen LogP contribution in [0.15, 0.2) is 18.3 Å². The number of amides is 1. The Morgan fingerprint density at radius 1 is 1.10 bits per heavy atom. The van der Waals surface area contributed by atoms with E-state index in [2.05, 4.69) is 29.5 Å². The molecule has 0 aliphatic carbocycles. The number of rotatable bonds is 10. The Morgan fingerprint density at radius 2 is 1.80 bits per heavy atom. The molecule has 0 aliphatic rings. The van der Waals surface area contributed by atoms with Crippen molar-refractivity contribution in [3.8, 4) is 0 Å². The lowest BCUT2D eigenvalue weighted by Gasteiger charge is -2.08. The van der Waals surface area contributed by atoms with Crippen molar-refractivity contribution in [1.29, 1.82) is 0 Å². The van der Waals surface area contributed by atoms with Gasteiger partial charge in [-0.25, -0.2) is 4.98 Å². The van der Waals surface area contributed by atoms with Crippen LogP contribution < -0.4 is 10.6 Å². The van der Waals surface area contributed by atoms with E-state index in [0.717, 1.165) is 44.6 Å². The van der Waals surface area contributed by atoms with Gasteiger partial charge in [0, 0.05) is 24.8 Å². The Bertz CT molecular complexity index is 393. The second-order valence-corrected chi connectivity index (χ2v) is 5.03. The zero-order valence-electron chi connectivity index (χ0n) is 12.7. The van der Waals surface area contributed by atoms with E-state index in [1.165, 1.54) is 12.8 Å². The minimum Gasteiger partial charge on any atom is -0.370 e. The lowest BCUT2D eigenvalue weighted by molar-refractivity contribution is 0.0953. The molecule has 112 valence electrons. The summed E-state index contributed by atoms with van der Waals surface area (Å²) in [5, 5.41) is 6.20. The first-order chi connectivity index (χ1) is 9.77. The first kappa shape index (κ1) is 16.5. The van der Waals surface area contributed by atoms with Crippen LogP contribution in [0.25, 0.3) is 0 Å². The summed E-state index contributed by atoms with van der Waals surface area (Å²) in [6.07, 6.45) is 8.59. The summed E-state index contributed by atoms with van der Waals surface area (Å²) < 4.78 is 0. The van der Waals surface area contributed by atoms with E-state index in [1.54, 1.807) is 12.3 Å². The summed E-state index contributed by atoms with van der Waals surface area (Å²) >= 11 is 0. The number of aromatic nitrogens is 1. The van der Waals surface area contributed by atoms with Crippen molar-refractivity contribution in [2.24, 2.45) is 0 Å². The average Bonchev–Trinajstić information content (AvgIpc) is 2.48. The predicted octanol–water partition coefficient (Wildman–Crippen LogP) is 3.60. The quantitative estimate of drug-likeness (QED) is 0.642. The van der Waals surface area contributed by atoms with Gasteiger partial charge in [-0.15, -0.1) is 0 Å². The van der Waals surface area contributed by atoms with Crippen molar-refractivity contribution in [2.75, 3.05) is 18.4 Å². The van der Waals surface area contributed by atoms with Crippen molar-refractivity contribution >= 4 is 11.7 Å². The second-order valence-electron chi connectivity index (χ2n) is 5.03. The molecule has 1 rings (SSSR count). The molecule has 0 atom stereocenters. The van der Waals surface area contributed by atoms with Crippen molar-refractivity contribution in [3.05, 3.63) is 23.9 Å². The number of hydrogen-bond donors (Lipinski definition) is 2. The van der Waals surface area contributed by atoms with Crippen molar-refractivity contribution in [3.63, 3.8) is 0 Å². The first-order valence-electron chi connectivity index (χ1n) is 7.76. The normalized spacial score (nSPS) is 10.3. The molecule has 1 aromatic rings. The van der Waals surface area contributed by atoms with Crippen molar-refractivity contribution in [1.82, 2.24) is 10.3 Å². The number of unbranched alkanes of at least 4 members (excludes halogenated alkanes) is 4. The van der Waals surface area contributed by atoms with Gasteiger partial charge in [-0.05, 0) is 25.0 Å². The van der Waals surface area contributed by atoms with E-state index in [9.17, 15) is 4.79 Å². The van der Waals surface area contributed by atoms with Gasteiger partial charge < -0.3 is 10.6 Å². The van der Waals surface area contributed by atoms with E-state index in [-0.39, 0.29) is 5.91 Å². The molecular formula is C16H27N3O. The van der Waals surface area contributed by atoms with Crippen LogP contribution in [0.4, 0.5) is 5.82 Å². The Hall–Kier alpha value is -1.58. The fourth-order valence-electron chi connectivity index (χ4n) is 1.94. The lowest BCUT2D eigenvalue weighted by Crippen LogP contribution is -2.24. The molecule has 1 heterocycles. The smallest absolute Gasteiger partial charge is 0.251 e. The van der Waals surface area contributed by atoms with Crippen LogP contribution in [0, 0.1) is 0 Å². The molecule has 0 spiro atoms. The summed E-state index contributed by atoms with van der Waals surface area (Å²) in [6.45, 7) is 5.99. The van der Waals surface area contributed by atoms with Gasteiger partial charge >= 0.3 is 0 Å². The third kappa shape index (κ3) is 6.55.